The van der Waals surface area contributed by atoms with E-state index in [9.17, 15) is 27.2 Å². The minimum absolute atomic E-state index is 0.0644. The lowest BCUT2D eigenvalue weighted by Gasteiger charge is -2.33. The van der Waals surface area contributed by atoms with E-state index >= 15 is 0 Å². The Balaban J connectivity index is 1.46. The molecule has 1 atom stereocenters. The van der Waals surface area contributed by atoms with Gasteiger partial charge in [0, 0.05) is 43.2 Å². The van der Waals surface area contributed by atoms with Gasteiger partial charge in [-0.2, -0.15) is 0 Å². The first-order chi connectivity index (χ1) is 14.7. The Morgan fingerprint density at radius 3 is 2.26 bits per heavy atom. The van der Waals surface area contributed by atoms with E-state index in [1.807, 2.05) is 0 Å². The Bertz CT molecular complexity index is 945. The maximum Gasteiger partial charge on any atom is 0.251 e. The molecule has 1 heterocycles. The van der Waals surface area contributed by atoms with Gasteiger partial charge in [-0.1, -0.05) is 0 Å². The van der Waals surface area contributed by atoms with Crippen molar-refractivity contribution >= 4 is 11.8 Å². The monoisotopic (exact) mass is 437 g/mol. The zero-order valence-electron chi connectivity index (χ0n) is 16.7. The number of nitrogens with two attached hydrogens (primary N) is 1. The van der Waals surface area contributed by atoms with Gasteiger partial charge in [-0.15, -0.1) is 0 Å². The summed E-state index contributed by atoms with van der Waals surface area (Å²) in [4.78, 5) is 26.3. The minimum atomic E-state index is -1.28. The van der Waals surface area contributed by atoms with Crippen molar-refractivity contribution in [2.24, 2.45) is 5.73 Å². The van der Waals surface area contributed by atoms with Crippen molar-refractivity contribution in [2.45, 2.75) is 37.8 Å². The number of amides is 2. The molecule has 2 amide bonds. The second kappa shape index (κ2) is 9.91. The second-order valence-electron chi connectivity index (χ2n) is 7.66. The van der Waals surface area contributed by atoms with E-state index in [1.54, 1.807) is 4.90 Å². The Kier molecular flexibility index (Phi) is 7.27. The van der Waals surface area contributed by atoms with Crippen LogP contribution in [0, 0.1) is 23.3 Å². The van der Waals surface area contributed by atoms with Gasteiger partial charge < -0.3 is 16.0 Å². The number of piperidine rings is 1. The molecule has 2 aromatic rings. The molecular formula is C22H23F4N3O2. The van der Waals surface area contributed by atoms with Gasteiger partial charge in [-0.25, -0.2) is 17.6 Å². The molecule has 166 valence electrons. The van der Waals surface area contributed by atoms with Crippen LogP contribution in [-0.4, -0.2) is 41.9 Å². The zero-order valence-corrected chi connectivity index (χ0v) is 16.7. The number of nitrogens with zero attached hydrogens (tertiary/aromatic N) is 1. The van der Waals surface area contributed by atoms with Gasteiger partial charge >= 0.3 is 0 Å². The SMILES string of the molecule is N[C@@H](CC(=O)N1CCC(NC(=O)c2ccc(F)cc2)CC1)Cc1cc(F)c(F)cc1F. The van der Waals surface area contributed by atoms with Crippen molar-refractivity contribution in [2.75, 3.05) is 13.1 Å². The summed E-state index contributed by atoms with van der Waals surface area (Å²) >= 11 is 0. The lowest BCUT2D eigenvalue weighted by atomic mass is 10.0. The fourth-order valence-electron chi connectivity index (χ4n) is 3.57. The van der Waals surface area contributed by atoms with Crippen LogP contribution >= 0.6 is 0 Å². The summed E-state index contributed by atoms with van der Waals surface area (Å²) in [6.45, 7) is 0.832. The van der Waals surface area contributed by atoms with Gasteiger partial charge in [0.25, 0.3) is 5.91 Å². The van der Waals surface area contributed by atoms with Gasteiger partial charge in [-0.3, -0.25) is 9.59 Å². The van der Waals surface area contributed by atoms with Crippen LogP contribution in [0.15, 0.2) is 36.4 Å². The number of carbonyl (C=O) groups excluding carboxylic acids is 2. The van der Waals surface area contributed by atoms with Gasteiger partial charge in [0.15, 0.2) is 11.6 Å². The van der Waals surface area contributed by atoms with Crippen LogP contribution in [0.1, 0.15) is 35.2 Å². The molecule has 0 radical (unpaired) electrons. The van der Waals surface area contributed by atoms with Crippen LogP contribution < -0.4 is 11.1 Å². The highest BCUT2D eigenvalue weighted by Crippen LogP contribution is 2.17. The lowest BCUT2D eigenvalue weighted by molar-refractivity contribution is -0.132. The summed E-state index contributed by atoms with van der Waals surface area (Å²) in [6.07, 6.45) is 0.932. The maximum atomic E-state index is 13.8. The van der Waals surface area contributed by atoms with E-state index in [2.05, 4.69) is 5.32 Å². The molecule has 31 heavy (non-hydrogen) atoms. The highest BCUT2D eigenvalue weighted by molar-refractivity contribution is 5.94. The van der Waals surface area contributed by atoms with Crippen LogP contribution in [0.25, 0.3) is 0 Å². The predicted molar refractivity (Wildman–Crippen MR) is 106 cm³/mol. The number of nitrogens with one attached hydrogen (secondary N) is 1. The number of rotatable bonds is 6. The summed E-state index contributed by atoms with van der Waals surface area (Å²) in [7, 11) is 0. The standard InChI is InChI=1S/C22H23F4N3O2/c23-15-3-1-13(2-4-15)22(31)28-17-5-7-29(8-6-17)21(30)11-16(27)9-14-10-19(25)20(26)12-18(14)24/h1-4,10,12,16-17H,5-9,11,27H2,(H,28,31)/t16-/m1/s1. The molecule has 0 saturated carbocycles. The largest absolute Gasteiger partial charge is 0.349 e. The molecular weight excluding hydrogens is 414 g/mol. The fraction of sp³-hybridized carbons (Fsp3) is 0.364. The van der Waals surface area contributed by atoms with Crippen molar-refractivity contribution in [3.8, 4) is 0 Å². The summed E-state index contributed by atoms with van der Waals surface area (Å²) in [5.41, 5.74) is 6.20. The van der Waals surface area contributed by atoms with E-state index in [0.717, 1.165) is 6.07 Å². The zero-order chi connectivity index (χ0) is 22.5. The van der Waals surface area contributed by atoms with Crippen molar-refractivity contribution in [3.05, 3.63) is 70.8 Å². The van der Waals surface area contributed by atoms with E-state index < -0.39 is 29.3 Å². The molecule has 0 aliphatic carbocycles. The first-order valence-electron chi connectivity index (χ1n) is 9.96. The first-order valence-corrected chi connectivity index (χ1v) is 9.96. The van der Waals surface area contributed by atoms with Crippen LogP contribution in [0.3, 0.4) is 0 Å². The number of hydrogen-bond donors (Lipinski definition) is 2. The summed E-state index contributed by atoms with van der Waals surface area (Å²) in [5, 5.41) is 2.87. The topological polar surface area (TPSA) is 75.4 Å². The lowest BCUT2D eigenvalue weighted by Crippen LogP contribution is -2.47. The number of halogens is 4. The molecule has 3 rings (SSSR count). The Hall–Kier alpha value is -2.94. The predicted octanol–water partition coefficient (Wildman–Crippen LogP) is 2.92. The normalized spacial score (nSPS) is 15.6. The fourth-order valence-corrected chi connectivity index (χ4v) is 3.57. The van der Waals surface area contributed by atoms with Gasteiger partial charge in [0.2, 0.25) is 5.91 Å². The molecule has 5 nitrogen and oxygen atoms in total. The van der Waals surface area contributed by atoms with E-state index in [1.165, 1.54) is 24.3 Å². The number of carbonyl (C=O) groups is 2. The first kappa shape index (κ1) is 22.7. The van der Waals surface area contributed by atoms with Crippen molar-refractivity contribution in [3.63, 3.8) is 0 Å². The van der Waals surface area contributed by atoms with Gasteiger partial charge in [-0.05, 0) is 55.2 Å². The van der Waals surface area contributed by atoms with E-state index in [4.69, 9.17) is 5.73 Å². The summed E-state index contributed by atoms with van der Waals surface area (Å²) < 4.78 is 53.1. The van der Waals surface area contributed by atoms with Gasteiger partial charge in [0.1, 0.15) is 11.6 Å². The van der Waals surface area contributed by atoms with Crippen LogP contribution in [0.5, 0.6) is 0 Å². The Morgan fingerprint density at radius 2 is 1.61 bits per heavy atom. The molecule has 0 spiro atoms. The van der Waals surface area contributed by atoms with E-state index in [0.29, 0.717) is 37.6 Å². The van der Waals surface area contributed by atoms with Gasteiger partial charge in [0.05, 0.1) is 0 Å². The maximum absolute atomic E-state index is 13.8. The van der Waals surface area contributed by atoms with Crippen molar-refractivity contribution < 1.29 is 27.2 Å². The highest BCUT2D eigenvalue weighted by atomic mass is 19.2. The molecule has 1 fully saturated rings. The van der Waals surface area contributed by atoms with Crippen LogP contribution in [0.2, 0.25) is 0 Å². The molecule has 2 aromatic carbocycles. The third-order valence-electron chi connectivity index (χ3n) is 5.30. The van der Waals surface area contributed by atoms with Crippen LogP contribution in [-0.2, 0) is 11.2 Å². The van der Waals surface area contributed by atoms with Crippen LogP contribution in [0.4, 0.5) is 17.6 Å². The molecule has 9 heteroatoms. The number of benzene rings is 2. The van der Waals surface area contributed by atoms with Crippen molar-refractivity contribution in [1.82, 2.24) is 10.2 Å². The summed E-state index contributed by atoms with van der Waals surface area (Å²) in [6, 6.07) is 5.58. The molecule has 0 bridgehead atoms. The molecule has 0 unspecified atom stereocenters. The molecule has 3 N–H and O–H groups in total. The Morgan fingerprint density at radius 1 is 1.00 bits per heavy atom. The van der Waals surface area contributed by atoms with E-state index in [-0.39, 0.29) is 36.3 Å². The highest BCUT2D eigenvalue weighted by Gasteiger charge is 2.25. The van der Waals surface area contributed by atoms with Crippen molar-refractivity contribution in [1.29, 1.82) is 0 Å². The number of hydrogen-bond acceptors (Lipinski definition) is 3. The second-order valence-corrected chi connectivity index (χ2v) is 7.66. The minimum Gasteiger partial charge on any atom is -0.349 e. The average molecular weight is 437 g/mol. The molecule has 1 saturated heterocycles. The third-order valence-corrected chi connectivity index (χ3v) is 5.30. The average Bonchev–Trinajstić information content (AvgIpc) is 2.73. The number of likely N-dealkylation sites (tertiary alicyclic amines) is 1. The smallest absolute Gasteiger partial charge is 0.251 e. The molecule has 0 aromatic heterocycles. The Labute approximate surface area is 177 Å². The quantitative estimate of drug-likeness (QED) is 0.539. The molecule has 1 aliphatic heterocycles. The third kappa shape index (κ3) is 6.04. The summed E-state index contributed by atoms with van der Waals surface area (Å²) in [5.74, 6) is -4.30. The molecule has 1 aliphatic rings.